The van der Waals surface area contributed by atoms with Crippen molar-refractivity contribution < 1.29 is 14.4 Å². The van der Waals surface area contributed by atoms with E-state index in [0.717, 1.165) is 10.6 Å². The first-order valence-electron chi connectivity index (χ1n) is 11.6. The number of halogens is 2. The van der Waals surface area contributed by atoms with E-state index in [-0.39, 0.29) is 22.4 Å². The molecule has 0 aliphatic heterocycles. The minimum atomic E-state index is -0.547. The van der Waals surface area contributed by atoms with Gasteiger partial charge in [-0.1, -0.05) is 53.5 Å². The standard InChI is InChI=1S/C28H22Cl2N4O3S2/c1-17-15-39-28(31-17)34-24(35)16-38-21-12-10-20(11-13-21)32-27(37)23(14-19-8-5-9-22(29)25(19)30)33-26(36)18-6-3-2-4-7-18/h2-15H,16H2,1H3,(H,32,37)(H,33,36)(H,31,34,35)/b23-14-. The molecule has 3 aromatic carbocycles. The number of aryl methyl sites for hydroxylation is 1. The zero-order valence-corrected chi connectivity index (χ0v) is 23.7. The van der Waals surface area contributed by atoms with Crippen molar-refractivity contribution in [1.82, 2.24) is 10.3 Å². The van der Waals surface area contributed by atoms with Gasteiger partial charge < -0.3 is 16.0 Å². The van der Waals surface area contributed by atoms with Crippen LogP contribution in [0.5, 0.6) is 0 Å². The van der Waals surface area contributed by atoms with Gasteiger partial charge in [-0.3, -0.25) is 14.4 Å². The predicted molar refractivity (Wildman–Crippen MR) is 160 cm³/mol. The van der Waals surface area contributed by atoms with Crippen molar-refractivity contribution in [2.45, 2.75) is 11.8 Å². The number of carbonyl (C=O) groups excluding carboxylic acids is 3. The number of nitrogens with zero attached hydrogens (tertiary/aromatic N) is 1. The molecule has 3 N–H and O–H groups in total. The van der Waals surface area contributed by atoms with Crippen LogP contribution in [0.25, 0.3) is 6.08 Å². The van der Waals surface area contributed by atoms with Crippen molar-refractivity contribution in [3.05, 3.63) is 111 Å². The summed E-state index contributed by atoms with van der Waals surface area (Å²) in [6.45, 7) is 1.86. The smallest absolute Gasteiger partial charge is 0.272 e. The number of anilines is 2. The van der Waals surface area contributed by atoms with Crippen LogP contribution < -0.4 is 16.0 Å². The lowest BCUT2D eigenvalue weighted by Gasteiger charge is -2.12. The average molecular weight is 598 g/mol. The molecule has 198 valence electrons. The van der Waals surface area contributed by atoms with Crippen LogP contribution in [0.15, 0.2) is 88.8 Å². The normalized spacial score (nSPS) is 11.1. The maximum atomic E-state index is 13.2. The van der Waals surface area contributed by atoms with Gasteiger partial charge in [-0.2, -0.15) is 0 Å². The quantitative estimate of drug-likeness (QED) is 0.144. The number of nitrogens with one attached hydrogen (secondary N) is 3. The molecule has 39 heavy (non-hydrogen) atoms. The van der Waals surface area contributed by atoms with Crippen LogP contribution >= 0.6 is 46.3 Å². The molecule has 1 heterocycles. The Balaban J connectivity index is 1.44. The Hall–Kier alpha value is -3.63. The van der Waals surface area contributed by atoms with Crippen molar-refractivity contribution >= 4 is 80.9 Å². The number of aromatic nitrogens is 1. The molecule has 3 amide bonds. The summed E-state index contributed by atoms with van der Waals surface area (Å²) in [7, 11) is 0. The molecule has 0 fully saturated rings. The summed E-state index contributed by atoms with van der Waals surface area (Å²) in [4.78, 5) is 43.3. The molecule has 7 nitrogen and oxygen atoms in total. The summed E-state index contributed by atoms with van der Waals surface area (Å²) in [5.74, 6) is -0.944. The SMILES string of the molecule is Cc1csc(NC(=O)CSc2ccc(NC(=O)/C(=C/c3cccc(Cl)c3Cl)NC(=O)c3ccccc3)cc2)n1. The lowest BCUT2D eigenvalue weighted by molar-refractivity contribution is -0.114. The van der Waals surface area contributed by atoms with Gasteiger partial charge in [0.25, 0.3) is 11.8 Å². The number of carbonyl (C=O) groups is 3. The lowest BCUT2D eigenvalue weighted by Crippen LogP contribution is -2.30. The number of rotatable bonds is 9. The monoisotopic (exact) mass is 596 g/mol. The van der Waals surface area contributed by atoms with Crippen molar-refractivity contribution in [3.8, 4) is 0 Å². The van der Waals surface area contributed by atoms with E-state index in [1.54, 1.807) is 72.8 Å². The largest absolute Gasteiger partial charge is 0.321 e. The molecular weight excluding hydrogens is 575 g/mol. The Morgan fingerprint density at radius 1 is 0.949 bits per heavy atom. The summed E-state index contributed by atoms with van der Waals surface area (Å²) in [5, 5.41) is 11.2. The minimum Gasteiger partial charge on any atom is -0.321 e. The molecule has 0 saturated heterocycles. The van der Waals surface area contributed by atoms with E-state index < -0.39 is 11.8 Å². The Morgan fingerprint density at radius 2 is 1.69 bits per heavy atom. The third-order valence-electron chi connectivity index (χ3n) is 5.16. The van der Waals surface area contributed by atoms with Crippen molar-refractivity contribution in [2.75, 3.05) is 16.4 Å². The van der Waals surface area contributed by atoms with E-state index >= 15 is 0 Å². The number of thiazole rings is 1. The molecule has 0 unspecified atom stereocenters. The zero-order chi connectivity index (χ0) is 27.8. The highest BCUT2D eigenvalue weighted by Crippen LogP contribution is 2.27. The fraction of sp³-hybridized carbons (Fsp3) is 0.0714. The molecule has 0 atom stereocenters. The minimum absolute atomic E-state index is 0.0134. The summed E-state index contributed by atoms with van der Waals surface area (Å²) in [6.07, 6.45) is 1.47. The van der Waals surface area contributed by atoms with Crippen LogP contribution in [0.1, 0.15) is 21.6 Å². The van der Waals surface area contributed by atoms with Crippen molar-refractivity contribution in [2.24, 2.45) is 0 Å². The van der Waals surface area contributed by atoms with Gasteiger partial charge in [-0.05, 0) is 61.0 Å². The van der Waals surface area contributed by atoms with Crippen LogP contribution in [-0.2, 0) is 9.59 Å². The van der Waals surface area contributed by atoms with E-state index in [1.165, 1.54) is 29.2 Å². The molecule has 0 radical (unpaired) electrons. The number of hydrogen-bond donors (Lipinski definition) is 3. The summed E-state index contributed by atoms with van der Waals surface area (Å²) in [5.41, 5.74) is 2.21. The van der Waals surface area contributed by atoms with Crippen LogP contribution in [0.4, 0.5) is 10.8 Å². The summed E-state index contributed by atoms with van der Waals surface area (Å²) >= 11 is 15.2. The zero-order valence-electron chi connectivity index (χ0n) is 20.5. The third-order valence-corrected chi connectivity index (χ3v) is 7.88. The molecule has 11 heteroatoms. The molecule has 0 aliphatic carbocycles. The van der Waals surface area contributed by atoms with Crippen LogP contribution in [0.2, 0.25) is 10.0 Å². The lowest BCUT2D eigenvalue weighted by atomic mass is 10.1. The van der Waals surface area contributed by atoms with E-state index in [1.807, 2.05) is 12.3 Å². The fourth-order valence-corrected chi connectivity index (χ4v) is 5.04. The second-order valence-electron chi connectivity index (χ2n) is 8.13. The van der Waals surface area contributed by atoms with Gasteiger partial charge >= 0.3 is 0 Å². The van der Waals surface area contributed by atoms with Gasteiger partial charge in [0.05, 0.1) is 21.5 Å². The number of amides is 3. The molecule has 4 aromatic rings. The first-order valence-corrected chi connectivity index (χ1v) is 14.2. The van der Waals surface area contributed by atoms with E-state index in [9.17, 15) is 14.4 Å². The molecular formula is C28H22Cl2N4O3S2. The average Bonchev–Trinajstić information content (AvgIpc) is 3.34. The van der Waals surface area contributed by atoms with Crippen LogP contribution in [0, 0.1) is 6.92 Å². The highest BCUT2D eigenvalue weighted by molar-refractivity contribution is 8.00. The topological polar surface area (TPSA) is 100 Å². The Labute approximate surface area is 243 Å². The van der Waals surface area contributed by atoms with Gasteiger partial charge in [0.15, 0.2) is 5.13 Å². The van der Waals surface area contributed by atoms with E-state index in [4.69, 9.17) is 23.2 Å². The number of hydrogen-bond acceptors (Lipinski definition) is 6. The van der Waals surface area contributed by atoms with Crippen LogP contribution in [0.3, 0.4) is 0 Å². The van der Waals surface area contributed by atoms with E-state index in [2.05, 4.69) is 20.9 Å². The maximum absolute atomic E-state index is 13.2. The summed E-state index contributed by atoms with van der Waals surface area (Å²) in [6, 6.07) is 20.6. The van der Waals surface area contributed by atoms with Gasteiger partial charge in [-0.15, -0.1) is 23.1 Å². The molecule has 0 saturated carbocycles. The first kappa shape index (κ1) is 28.4. The Kier molecular flexibility index (Phi) is 9.78. The molecule has 1 aromatic heterocycles. The molecule has 4 rings (SSSR count). The van der Waals surface area contributed by atoms with Crippen LogP contribution in [-0.4, -0.2) is 28.5 Å². The maximum Gasteiger partial charge on any atom is 0.272 e. The molecule has 0 aliphatic rings. The first-order chi connectivity index (χ1) is 18.8. The Morgan fingerprint density at radius 3 is 2.38 bits per heavy atom. The van der Waals surface area contributed by atoms with Gasteiger partial charge in [0.2, 0.25) is 5.91 Å². The van der Waals surface area contributed by atoms with Crippen molar-refractivity contribution in [3.63, 3.8) is 0 Å². The van der Waals surface area contributed by atoms with Gasteiger partial charge in [0, 0.05) is 21.5 Å². The molecule has 0 bridgehead atoms. The van der Waals surface area contributed by atoms with Gasteiger partial charge in [0.1, 0.15) is 5.70 Å². The third kappa shape index (κ3) is 8.18. The fourth-order valence-electron chi connectivity index (χ4n) is 3.28. The summed E-state index contributed by atoms with van der Waals surface area (Å²) < 4.78 is 0. The highest BCUT2D eigenvalue weighted by Gasteiger charge is 2.16. The van der Waals surface area contributed by atoms with Gasteiger partial charge in [-0.25, -0.2) is 4.98 Å². The predicted octanol–water partition coefficient (Wildman–Crippen LogP) is 6.90. The number of thioether (sulfide) groups is 1. The second-order valence-corrected chi connectivity index (χ2v) is 10.8. The number of benzene rings is 3. The Bertz CT molecular complexity index is 1520. The second kappa shape index (κ2) is 13.4. The highest BCUT2D eigenvalue weighted by atomic mass is 35.5. The van der Waals surface area contributed by atoms with Crippen molar-refractivity contribution in [1.29, 1.82) is 0 Å². The molecule has 0 spiro atoms. The van der Waals surface area contributed by atoms with E-state index in [0.29, 0.717) is 27.0 Å².